The summed E-state index contributed by atoms with van der Waals surface area (Å²) in [5.74, 6) is 1.39. The number of aliphatic hydroxyl groups excluding tert-OH is 1. The number of ether oxygens (including phenoxy) is 2. The Morgan fingerprint density at radius 1 is 1.39 bits per heavy atom. The smallest absolute Gasteiger partial charge is 0.181 e. The Morgan fingerprint density at radius 3 is 2.91 bits per heavy atom. The molecule has 0 bridgehead atoms. The van der Waals surface area contributed by atoms with Crippen molar-refractivity contribution in [3.8, 4) is 0 Å². The SMILES string of the molecule is COC(O)c1cc(C2=NC(CC3CCOC3)NN2)c(C)cc1C. The molecule has 6 nitrogen and oxygen atoms in total. The second-order valence-corrected chi connectivity index (χ2v) is 6.34. The van der Waals surface area contributed by atoms with Gasteiger partial charge in [-0.25, -0.2) is 10.4 Å². The maximum atomic E-state index is 10.00. The molecule has 1 saturated heterocycles. The van der Waals surface area contributed by atoms with Crippen molar-refractivity contribution < 1.29 is 14.6 Å². The van der Waals surface area contributed by atoms with Gasteiger partial charge in [0.05, 0.1) is 0 Å². The fraction of sp³-hybridized carbons (Fsp3) is 0.588. The van der Waals surface area contributed by atoms with Gasteiger partial charge in [-0.1, -0.05) is 6.07 Å². The lowest BCUT2D eigenvalue weighted by atomic mass is 9.99. The third-order valence-electron chi connectivity index (χ3n) is 4.58. The summed E-state index contributed by atoms with van der Waals surface area (Å²) in [5, 5.41) is 10.00. The fourth-order valence-corrected chi connectivity index (χ4v) is 3.22. The molecule has 0 saturated carbocycles. The molecule has 2 aliphatic heterocycles. The number of methoxy groups -OCH3 is 1. The standard InChI is InChI=1S/C17H25N3O3/c1-10-6-11(2)14(17(21)22-3)8-13(10)16-18-15(19-20-16)7-12-4-5-23-9-12/h6,8,12,15,17,19,21H,4-5,7,9H2,1-3H3,(H,18,20). The van der Waals surface area contributed by atoms with Crippen LogP contribution in [0.1, 0.15) is 41.4 Å². The Bertz CT molecular complexity index is 597. The Hall–Kier alpha value is -1.47. The van der Waals surface area contributed by atoms with E-state index in [1.807, 2.05) is 19.9 Å². The predicted molar refractivity (Wildman–Crippen MR) is 88.0 cm³/mol. The molecule has 3 atom stereocenters. The van der Waals surface area contributed by atoms with E-state index in [-0.39, 0.29) is 6.17 Å². The quantitative estimate of drug-likeness (QED) is 0.718. The summed E-state index contributed by atoms with van der Waals surface area (Å²) >= 11 is 0. The molecule has 0 aliphatic carbocycles. The minimum atomic E-state index is -0.921. The second kappa shape index (κ2) is 6.97. The van der Waals surface area contributed by atoms with Gasteiger partial charge in [-0.3, -0.25) is 0 Å². The zero-order chi connectivity index (χ0) is 16.4. The lowest BCUT2D eigenvalue weighted by Gasteiger charge is -2.15. The van der Waals surface area contributed by atoms with Crippen molar-refractivity contribution in [2.45, 2.75) is 39.1 Å². The van der Waals surface area contributed by atoms with Gasteiger partial charge in [0.2, 0.25) is 0 Å². The molecule has 3 unspecified atom stereocenters. The minimum Gasteiger partial charge on any atom is -0.381 e. The summed E-state index contributed by atoms with van der Waals surface area (Å²) in [6.45, 7) is 5.71. The molecule has 1 aromatic rings. The van der Waals surface area contributed by atoms with Gasteiger partial charge in [0.15, 0.2) is 6.29 Å². The largest absolute Gasteiger partial charge is 0.381 e. The summed E-state index contributed by atoms with van der Waals surface area (Å²) < 4.78 is 10.5. The Balaban J connectivity index is 1.80. The molecule has 0 radical (unpaired) electrons. The van der Waals surface area contributed by atoms with E-state index in [4.69, 9.17) is 14.5 Å². The summed E-state index contributed by atoms with van der Waals surface area (Å²) in [7, 11) is 1.50. The van der Waals surface area contributed by atoms with Crippen molar-refractivity contribution in [2.75, 3.05) is 20.3 Å². The Morgan fingerprint density at radius 2 is 2.22 bits per heavy atom. The van der Waals surface area contributed by atoms with Crippen LogP contribution in [0.25, 0.3) is 0 Å². The van der Waals surface area contributed by atoms with Crippen LogP contribution in [0.2, 0.25) is 0 Å². The van der Waals surface area contributed by atoms with E-state index in [2.05, 4.69) is 16.9 Å². The molecule has 0 amide bonds. The van der Waals surface area contributed by atoms with E-state index in [0.717, 1.165) is 54.1 Å². The van der Waals surface area contributed by atoms with Gasteiger partial charge < -0.3 is 20.0 Å². The van der Waals surface area contributed by atoms with Crippen LogP contribution in [-0.2, 0) is 9.47 Å². The van der Waals surface area contributed by atoms with E-state index < -0.39 is 6.29 Å². The van der Waals surface area contributed by atoms with Crippen molar-refractivity contribution in [1.29, 1.82) is 0 Å². The van der Waals surface area contributed by atoms with E-state index in [9.17, 15) is 5.11 Å². The number of hydrogen-bond acceptors (Lipinski definition) is 6. The van der Waals surface area contributed by atoms with Crippen molar-refractivity contribution in [1.82, 2.24) is 10.9 Å². The summed E-state index contributed by atoms with van der Waals surface area (Å²) in [5.41, 5.74) is 10.3. The molecule has 1 aromatic carbocycles. The van der Waals surface area contributed by atoms with E-state index in [1.165, 1.54) is 7.11 Å². The number of nitrogens with zero attached hydrogens (tertiary/aromatic N) is 1. The van der Waals surface area contributed by atoms with Crippen LogP contribution in [0.3, 0.4) is 0 Å². The first-order valence-electron chi connectivity index (χ1n) is 8.08. The highest BCUT2D eigenvalue weighted by Gasteiger charge is 2.25. The molecule has 0 spiro atoms. The average molecular weight is 319 g/mol. The lowest BCUT2D eigenvalue weighted by Crippen LogP contribution is -2.36. The van der Waals surface area contributed by atoms with Crippen LogP contribution in [0.5, 0.6) is 0 Å². The molecule has 6 heteroatoms. The number of hydrogen-bond donors (Lipinski definition) is 3. The monoisotopic (exact) mass is 319 g/mol. The normalized spacial score (nSPS) is 25.3. The third kappa shape index (κ3) is 3.55. The molecule has 23 heavy (non-hydrogen) atoms. The molecule has 3 N–H and O–H groups in total. The number of benzene rings is 1. The zero-order valence-electron chi connectivity index (χ0n) is 13.9. The van der Waals surface area contributed by atoms with Crippen molar-refractivity contribution in [3.63, 3.8) is 0 Å². The minimum absolute atomic E-state index is 0.0631. The summed E-state index contributed by atoms with van der Waals surface area (Å²) in [6.07, 6.45) is 1.22. The second-order valence-electron chi connectivity index (χ2n) is 6.34. The zero-order valence-corrected chi connectivity index (χ0v) is 13.9. The van der Waals surface area contributed by atoms with Gasteiger partial charge in [-0.05, 0) is 49.8 Å². The first kappa shape index (κ1) is 16.4. The van der Waals surface area contributed by atoms with Gasteiger partial charge in [0, 0.05) is 31.5 Å². The van der Waals surface area contributed by atoms with Gasteiger partial charge in [0.1, 0.15) is 12.0 Å². The number of hydrazine groups is 1. The van der Waals surface area contributed by atoms with E-state index in [0.29, 0.717) is 5.92 Å². The maximum absolute atomic E-state index is 10.00. The molecular weight excluding hydrogens is 294 g/mol. The number of amidine groups is 1. The molecule has 2 heterocycles. The molecule has 2 aliphatic rings. The van der Waals surface area contributed by atoms with Crippen LogP contribution in [0.15, 0.2) is 17.1 Å². The highest BCUT2D eigenvalue weighted by atomic mass is 16.6. The van der Waals surface area contributed by atoms with Crippen LogP contribution >= 0.6 is 0 Å². The number of rotatable bonds is 5. The van der Waals surface area contributed by atoms with Gasteiger partial charge in [-0.2, -0.15) is 0 Å². The topological polar surface area (TPSA) is 75.1 Å². The first-order chi connectivity index (χ1) is 11.1. The maximum Gasteiger partial charge on any atom is 0.181 e. The van der Waals surface area contributed by atoms with E-state index >= 15 is 0 Å². The van der Waals surface area contributed by atoms with Crippen LogP contribution in [0.4, 0.5) is 0 Å². The Labute approximate surface area is 136 Å². The van der Waals surface area contributed by atoms with Crippen molar-refractivity contribution in [2.24, 2.45) is 10.9 Å². The summed E-state index contributed by atoms with van der Waals surface area (Å²) in [4.78, 5) is 4.75. The lowest BCUT2D eigenvalue weighted by molar-refractivity contribution is -0.0773. The van der Waals surface area contributed by atoms with Gasteiger partial charge >= 0.3 is 0 Å². The molecule has 126 valence electrons. The predicted octanol–water partition coefficient (Wildman–Crippen LogP) is 1.55. The third-order valence-corrected chi connectivity index (χ3v) is 4.58. The number of aliphatic imine (C=N–C) groups is 1. The highest BCUT2D eigenvalue weighted by molar-refractivity contribution is 6.01. The molecular formula is C17H25N3O3. The number of aliphatic hydroxyl groups is 1. The van der Waals surface area contributed by atoms with Crippen LogP contribution in [-0.4, -0.2) is 37.4 Å². The Kier molecular flexibility index (Phi) is 4.96. The molecule has 3 rings (SSSR count). The highest BCUT2D eigenvalue weighted by Crippen LogP contribution is 2.25. The van der Waals surface area contributed by atoms with E-state index in [1.54, 1.807) is 0 Å². The van der Waals surface area contributed by atoms with Crippen molar-refractivity contribution >= 4 is 5.84 Å². The van der Waals surface area contributed by atoms with Crippen molar-refractivity contribution in [3.05, 3.63) is 34.4 Å². The summed E-state index contributed by atoms with van der Waals surface area (Å²) in [6, 6.07) is 4.00. The van der Waals surface area contributed by atoms with Crippen LogP contribution < -0.4 is 10.9 Å². The number of aryl methyl sites for hydroxylation is 2. The molecule has 1 fully saturated rings. The molecule has 0 aromatic heterocycles. The average Bonchev–Trinajstić information content (AvgIpc) is 3.19. The van der Waals surface area contributed by atoms with Gasteiger partial charge in [0.25, 0.3) is 0 Å². The fourth-order valence-electron chi connectivity index (χ4n) is 3.22. The first-order valence-corrected chi connectivity index (χ1v) is 8.08. The van der Waals surface area contributed by atoms with Gasteiger partial charge in [-0.15, -0.1) is 0 Å². The number of nitrogens with one attached hydrogen (secondary N) is 2. The van der Waals surface area contributed by atoms with Crippen LogP contribution in [0, 0.1) is 19.8 Å².